The molecule has 0 aromatic carbocycles. The van der Waals surface area contributed by atoms with Crippen LogP contribution in [0.2, 0.25) is 0 Å². The quantitative estimate of drug-likeness (QED) is 0.217. The normalized spacial score (nSPS) is 20.2. The maximum Gasteiger partial charge on any atom is 0.155 e. The van der Waals surface area contributed by atoms with Crippen molar-refractivity contribution in [3.63, 3.8) is 0 Å². The summed E-state index contributed by atoms with van der Waals surface area (Å²) in [5, 5.41) is 12.1. The topological polar surface area (TPSA) is 80.3 Å². The monoisotopic (exact) mass is 305 g/mol. The molecule has 0 aliphatic carbocycles. The van der Waals surface area contributed by atoms with Crippen molar-refractivity contribution in [3.8, 4) is 0 Å². The lowest BCUT2D eigenvalue weighted by atomic mass is 9.94. The second kappa shape index (κ2) is 9.44. The van der Waals surface area contributed by atoms with Crippen molar-refractivity contribution in [2.24, 2.45) is 10.9 Å². The molecule has 3 N–H and O–H groups in total. The Morgan fingerprint density at radius 2 is 2.05 bits per heavy atom. The number of nitrogens with zero attached hydrogens (tertiary/aromatic N) is 2. The molecular formula is C13H27N3O3S. The summed E-state index contributed by atoms with van der Waals surface area (Å²) in [5.41, 5.74) is 5.84. The van der Waals surface area contributed by atoms with Gasteiger partial charge in [0.1, 0.15) is 0 Å². The molecule has 0 radical (unpaired) electrons. The van der Waals surface area contributed by atoms with Crippen molar-refractivity contribution >= 4 is 17.6 Å². The first-order chi connectivity index (χ1) is 9.68. The Kier molecular flexibility index (Phi) is 8.28. The van der Waals surface area contributed by atoms with Crippen LogP contribution in [0.15, 0.2) is 5.16 Å². The second-order valence-corrected chi connectivity index (χ2v) is 6.17. The van der Waals surface area contributed by atoms with Gasteiger partial charge in [0.2, 0.25) is 0 Å². The van der Waals surface area contributed by atoms with Crippen LogP contribution in [0.1, 0.15) is 19.3 Å². The lowest BCUT2D eigenvalue weighted by Crippen LogP contribution is -2.50. The standard InChI is InChI=1S/C13H27N3O3S/c1-18-10-11-19-9-3-6-16-7-4-13(20-2,5-8-16)12(14)15-17/h17H,3-11H2,1-2H3,(H2,14,15). The van der Waals surface area contributed by atoms with Gasteiger partial charge in [-0.25, -0.2) is 0 Å². The minimum absolute atomic E-state index is 0.194. The SMILES string of the molecule is COCCOCCCN1CCC(SC)(C(N)=NO)CC1. The van der Waals surface area contributed by atoms with Crippen LogP contribution in [0.5, 0.6) is 0 Å². The van der Waals surface area contributed by atoms with Gasteiger partial charge in [-0.1, -0.05) is 5.16 Å². The van der Waals surface area contributed by atoms with E-state index in [9.17, 15) is 0 Å². The molecule has 0 unspecified atom stereocenters. The highest BCUT2D eigenvalue weighted by molar-refractivity contribution is 8.00. The number of oxime groups is 1. The Hall–Kier alpha value is -0.500. The highest BCUT2D eigenvalue weighted by atomic mass is 32.2. The smallest absolute Gasteiger partial charge is 0.155 e. The lowest BCUT2D eigenvalue weighted by molar-refractivity contribution is 0.0640. The van der Waals surface area contributed by atoms with Crippen molar-refractivity contribution in [3.05, 3.63) is 0 Å². The third kappa shape index (κ3) is 5.12. The summed E-state index contributed by atoms with van der Waals surface area (Å²) in [7, 11) is 1.68. The second-order valence-electron chi connectivity index (χ2n) is 4.98. The molecule has 1 rings (SSSR count). The molecule has 1 aliphatic rings. The van der Waals surface area contributed by atoms with E-state index in [0.29, 0.717) is 19.0 Å². The number of amidine groups is 1. The molecule has 1 heterocycles. The highest BCUT2D eigenvalue weighted by Crippen LogP contribution is 2.34. The molecule has 1 aliphatic heterocycles. The first kappa shape index (κ1) is 17.6. The van der Waals surface area contributed by atoms with E-state index in [-0.39, 0.29) is 4.75 Å². The van der Waals surface area contributed by atoms with Gasteiger partial charge in [-0.05, 0) is 38.6 Å². The number of likely N-dealkylation sites (tertiary alicyclic amines) is 1. The summed E-state index contributed by atoms with van der Waals surface area (Å²) in [5.74, 6) is 0.354. The van der Waals surface area contributed by atoms with E-state index in [1.165, 1.54) is 0 Å². The van der Waals surface area contributed by atoms with E-state index in [4.69, 9.17) is 20.4 Å². The molecule has 0 spiro atoms. The van der Waals surface area contributed by atoms with E-state index in [1.807, 2.05) is 6.26 Å². The molecule has 6 nitrogen and oxygen atoms in total. The van der Waals surface area contributed by atoms with Crippen LogP contribution in [0.4, 0.5) is 0 Å². The van der Waals surface area contributed by atoms with Crippen molar-refractivity contribution in [2.45, 2.75) is 24.0 Å². The minimum atomic E-state index is -0.194. The van der Waals surface area contributed by atoms with Gasteiger partial charge in [0.25, 0.3) is 0 Å². The predicted octanol–water partition coefficient (Wildman–Crippen LogP) is 0.984. The Labute approximate surface area is 125 Å². The molecule has 20 heavy (non-hydrogen) atoms. The predicted molar refractivity (Wildman–Crippen MR) is 82.6 cm³/mol. The first-order valence-electron chi connectivity index (χ1n) is 7.00. The molecule has 0 amide bonds. The number of nitrogens with two attached hydrogens (primary N) is 1. The van der Waals surface area contributed by atoms with E-state index in [1.54, 1.807) is 18.9 Å². The molecule has 118 valence electrons. The Bertz CT molecular complexity index is 295. The van der Waals surface area contributed by atoms with E-state index >= 15 is 0 Å². The van der Waals surface area contributed by atoms with Gasteiger partial charge in [0, 0.05) is 20.3 Å². The number of hydrogen-bond donors (Lipinski definition) is 2. The van der Waals surface area contributed by atoms with Crippen molar-refractivity contribution in [1.29, 1.82) is 0 Å². The molecule has 0 bridgehead atoms. The van der Waals surface area contributed by atoms with Crippen LogP contribution in [-0.4, -0.2) is 73.5 Å². The summed E-state index contributed by atoms with van der Waals surface area (Å²) in [4.78, 5) is 2.42. The maximum absolute atomic E-state index is 8.90. The van der Waals surface area contributed by atoms with Gasteiger partial charge in [-0.3, -0.25) is 0 Å². The molecule has 7 heteroatoms. The number of thioether (sulfide) groups is 1. The Balaban J connectivity index is 2.21. The zero-order valence-electron chi connectivity index (χ0n) is 12.5. The summed E-state index contributed by atoms with van der Waals surface area (Å²) in [6.45, 7) is 5.08. The average molecular weight is 305 g/mol. The molecule has 1 saturated heterocycles. The Morgan fingerprint density at radius 1 is 1.35 bits per heavy atom. The van der Waals surface area contributed by atoms with Gasteiger partial charge < -0.3 is 25.3 Å². The van der Waals surface area contributed by atoms with Gasteiger partial charge >= 0.3 is 0 Å². The highest BCUT2D eigenvalue weighted by Gasteiger charge is 2.37. The molecular weight excluding hydrogens is 278 g/mol. The third-order valence-electron chi connectivity index (χ3n) is 3.82. The zero-order valence-corrected chi connectivity index (χ0v) is 13.3. The number of rotatable bonds is 9. The average Bonchev–Trinajstić information content (AvgIpc) is 2.50. The van der Waals surface area contributed by atoms with Crippen molar-refractivity contribution in [1.82, 2.24) is 4.90 Å². The fourth-order valence-electron chi connectivity index (χ4n) is 2.43. The summed E-state index contributed by atoms with van der Waals surface area (Å²) >= 11 is 1.68. The Morgan fingerprint density at radius 3 is 2.60 bits per heavy atom. The molecule has 1 fully saturated rings. The third-order valence-corrected chi connectivity index (χ3v) is 5.22. The first-order valence-corrected chi connectivity index (χ1v) is 8.23. The molecule has 0 atom stereocenters. The van der Waals surface area contributed by atoms with Crippen LogP contribution < -0.4 is 5.73 Å². The van der Waals surface area contributed by atoms with Gasteiger partial charge in [0.15, 0.2) is 5.84 Å². The minimum Gasteiger partial charge on any atom is -0.409 e. The van der Waals surface area contributed by atoms with Gasteiger partial charge in [-0.2, -0.15) is 11.8 Å². The van der Waals surface area contributed by atoms with Gasteiger partial charge in [-0.15, -0.1) is 0 Å². The fourth-order valence-corrected chi connectivity index (χ4v) is 3.27. The number of methoxy groups -OCH3 is 1. The van der Waals surface area contributed by atoms with Crippen LogP contribution in [0.25, 0.3) is 0 Å². The van der Waals surface area contributed by atoms with Crippen LogP contribution >= 0.6 is 11.8 Å². The number of hydrogen-bond acceptors (Lipinski definition) is 6. The van der Waals surface area contributed by atoms with Crippen molar-refractivity contribution in [2.75, 3.05) is 52.8 Å². The number of piperidine rings is 1. The zero-order chi connectivity index (χ0) is 14.8. The van der Waals surface area contributed by atoms with Crippen LogP contribution in [0.3, 0.4) is 0 Å². The summed E-state index contributed by atoms with van der Waals surface area (Å²) < 4.78 is 10.2. The van der Waals surface area contributed by atoms with Crippen LogP contribution in [0, 0.1) is 0 Å². The molecule has 0 aromatic heterocycles. The summed E-state index contributed by atoms with van der Waals surface area (Å²) in [6.07, 6.45) is 4.90. The van der Waals surface area contributed by atoms with E-state index in [2.05, 4.69) is 10.1 Å². The summed E-state index contributed by atoms with van der Waals surface area (Å²) in [6, 6.07) is 0. The van der Waals surface area contributed by atoms with Crippen LogP contribution in [-0.2, 0) is 9.47 Å². The maximum atomic E-state index is 8.90. The van der Waals surface area contributed by atoms with Crippen molar-refractivity contribution < 1.29 is 14.7 Å². The largest absolute Gasteiger partial charge is 0.409 e. The van der Waals surface area contributed by atoms with E-state index in [0.717, 1.165) is 45.5 Å². The molecule has 0 aromatic rings. The lowest BCUT2D eigenvalue weighted by Gasteiger charge is -2.39. The van der Waals surface area contributed by atoms with E-state index < -0.39 is 0 Å². The molecule has 0 saturated carbocycles. The fraction of sp³-hybridized carbons (Fsp3) is 0.923. The van der Waals surface area contributed by atoms with Gasteiger partial charge in [0.05, 0.1) is 18.0 Å². The number of ether oxygens (including phenoxy) is 2.